The molecule has 0 aliphatic heterocycles. The quantitative estimate of drug-likeness (QED) is 0.792. The first-order valence-electron chi connectivity index (χ1n) is 9.80. The molecule has 1 amide bonds. The molecular weight excluding hydrogens is 306 g/mol. The molecule has 0 spiro atoms. The Morgan fingerprint density at radius 2 is 1.48 bits per heavy atom. The van der Waals surface area contributed by atoms with E-state index in [0.717, 1.165) is 32.1 Å². The maximum Gasteiger partial charge on any atom is 0.230 e. The van der Waals surface area contributed by atoms with Crippen LogP contribution in [-0.4, -0.2) is 16.8 Å². The molecule has 0 N–H and O–H groups in total. The van der Waals surface area contributed by atoms with Crippen molar-refractivity contribution in [1.82, 2.24) is 4.90 Å². The largest absolute Gasteiger partial charge is 0.332 e. The predicted molar refractivity (Wildman–Crippen MR) is 99.5 cm³/mol. The Morgan fingerprint density at radius 3 is 2.24 bits per heavy atom. The van der Waals surface area contributed by atoms with Crippen molar-refractivity contribution in [2.24, 2.45) is 0 Å². The van der Waals surface area contributed by atoms with Gasteiger partial charge in [-0.1, -0.05) is 48.5 Å². The van der Waals surface area contributed by atoms with Crippen LogP contribution >= 0.6 is 0 Å². The first-order chi connectivity index (χ1) is 12.3. The molecule has 25 heavy (non-hydrogen) atoms. The summed E-state index contributed by atoms with van der Waals surface area (Å²) in [6.45, 7) is 0. The number of carbonyl (C=O) groups excluding carboxylic acids is 1. The smallest absolute Gasteiger partial charge is 0.230 e. The van der Waals surface area contributed by atoms with Crippen LogP contribution in [0.1, 0.15) is 66.3 Å². The summed E-state index contributed by atoms with van der Waals surface area (Å²) in [4.78, 5) is 16.0. The highest BCUT2D eigenvalue weighted by molar-refractivity contribution is 5.85. The molecule has 2 nitrogen and oxygen atoms in total. The Balaban J connectivity index is 1.49. The van der Waals surface area contributed by atoms with Crippen molar-refractivity contribution >= 4 is 5.91 Å². The lowest BCUT2D eigenvalue weighted by molar-refractivity contribution is -0.136. The number of amides is 1. The predicted octanol–water partition coefficient (Wildman–Crippen LogP) is 4.79. The summed E-state index contributed by atoms with van der Waals surface area (Å²) in [5, 5.41) is 0. The first kappa shape index (κ1) is 15.2. The molecule has 0 aromatic heterocycles. The van der Waals surface area contributed by atoms with Crippen LogP contribution in [0.4, 0.5) is 0 Å². The molecular formula is C23H25NO. The van der Waals surface area contributed by atoms with E-state index in [0.29, 0.717) is 18.0 Å². The van der Waals surface area contributed by atoms with Crippen molar-refractivity contribution in [3.63, 3.8) is 0 Å². The lowest BCUT2D eigenvalue weighted by Crippen LogP contribution is -2.40. The van der Waals surface area contributed by atoms with Gasteiger partial charge in [0, 0.05) is 6.04 Å². The molecule has 0 unspecified atom stereocenters. The number of rotatable bonds is 3. The van der Waals surface area contributed by atoms with Crippen LogP contribution in [0, 0.1) is 0 Å². The van der Waals surface area contributed by atoms with Crippen LogP contribution in [0.5, 0.6) is 0 Å². The molecule has 1 fully saturated rings. The number of aryl methyl sites for hydroxylation is 2. The van der Waals surface area contributed by atoms with E-state index in [9.17, 15) is 4.79 Å². The summed E-state index contributed by atoms with van der Waals surface area (Å²) in [6.07, 6.45) is 7.82. The van der Waals surface area contributed by atoms with E-state index in [1.807, 2.05) is 0 Å². The molecule has 0 radical (unpaired) electrons. The molecule has 0 saturated heterocycles. The number of benzene rings is 2. The lowest BCUT2D eigenvalue weighted by Gasteiger charge is -2.35. The van der Waals surface area contributed by atoms with Crippen molar-refractivity contribution in [2.45, 2.75) is 62.9 Å². The molecule has 2 aromatic carbocycles. The molecule has 128 valence electrons. The fourth-order valence-corrected chi connectivity index (χ4v) is 4.95. The second kappa shape index (κ2) is 6.01. The minimum Gasteiger partial charge on any atom is -0.332 e. The van der Waals surface area contributed by atoms with Crippen molar-refractivity contribution in [2.75, 3.05) is 0 Å². The van der Waals surface area contributed by atoms with Crippen molar-refractivity contribution < 1.29 is 4.79 Å². The van der Waals surface area contributed by atoms with Gasteiger partial charge in [-0.3, -0.25) is 4.79 Å². The van der Waals surface area contributed by atoms with Crippen LogP contribution in [0.2, 0.25) is 0 Å². The van der Waals surface area contributed by atoms with Gasteiger partial charge in [0.2, 0.25) is 5.91 Å². The van der Waals surface area contributed by atoms with E-state index in [-0.39, 0.29) is 5.92 Å². The summed E-state index contributed by atoms with van der Waals surface area (Å²) >= 11 is 0. The van der Waals surface area contributed by atoms with E-state index in [4.69, 9.17) is 0 Å². The summed E-state index contributed by atoms with van der Waals surface area (Å²) in [7, 11) is 0. The topological polar surface area (TPSA) is 20.3 Å². The highest BCUT2D eigenvalue weighted by Crippen LogP contribution is 2.44. The standard InChI is InChI=1S/C23H25NO/c25-23(21-11-5-8-16-6-1-3-9-19(16)21)24(18-13-14-18)22-15-12-17-7-2-4-10-20(17)22/h1-4,6-7,9-10,18,21-22H,5,8,11-15H2/t21-,22+/m1/s1. The number of fused-ring (bicyclic) bond motifs is 2. The Bertz CT molecular complexity index is 807. The third-order valence-electron chi connectivity index (χ3n) is 6.30. The zero-order valence-corrected chi connectivity index (χ0v) is 14.7. The van der Waals surface area contributed by atoms with Gasteiger partial charge in [0.05, 0.1) is 12.0 Å². The number of hydrogen-bond acceptors (Lipinski definition) is 1. The number of carbonyl (C=O) groups is 1. The summed E-state index contributed by atoms with van der Waals surface area (Å²) in [5.41, 5.74) is 5.51. The average molecular weight is 331 g/mol. The molecule has 0 bridgehead atoms. The minimum atomic E-state index is 0.0679. The van der Waals surface area contributed by atoms with Gasteiger partial charge in [-0.05, 0) is 67.2 Å². The van der Waals surface area contributed by atoms with E-state index in [2.05, 4.69) is 53.4 Å². The maximum absolute atomic E-state index is 13.7. The van der Waals surface area contributed by atoms with E-state index in [1.54, 1.807) is 0 Å². The molecule has 0 heterocycles. The summed E-state index contributed by atoms with van der Waals surface area (Å²) < 4.78 is 0. The second-order valence-corrected chi connectivity index (χ2v) is 7.87. The Morgan fingerprint density at radius 1 is 0.800 bits per heavy atom. The lowest BCUT2D eigenvalue weighted by atomic mass is 9.81. The van der Waals surface area contributed by atoms with Gasteiger partial charge in [0.15, 0.2) is 0 Å². The van der Waals surface area contributed by atoms with Crippen LogP contribution in [0.15, 0.2) is 48.5 Å². The molecule has 2 aromatic rings. The van der Waals surface area contributed by atoms with E-state index >= 15 is 0 Å². The summed E-state index contributed by atoms with van der Waals surface area (Å²) in [6, 6.07) is 18.1. The van der Waals surface area contributed by atoms with Crippen molar-refractivity contribution in [3.05, 3.63) is 70.8 Å². The maximum atomic E-state index is 13.7. The van der Waals surface area contributed by atoms with Gasteiger partial charge in [0.1, 0.15) is 0 Å². The molecule has 3 aliphatic carbocycles. The number of hydrogen-bond donors (Lipinski definition) is 0. The average Bonchev–Trinajstić information content (AvgIpc) is 3.41. The molecule has 2 atom stereocenters. The number of nitrogens with zero attached hydrogens (tertiary/aromatic N) is 1. The normalized spacial score (nSPS) is 24.5. The third kappa shape index (κ3) is 2.59. The van der Waals surface area contributed by atoms with E-state index in [1.165, 1.54) is 35.1 Å². The minimum absolute atomic E-state index is 0.0679. The van der Waals surface area contributed by atoms with Gasteiger partial charge in [-0.25, -0.2) is 0 Å². The Kier molecular flexibility index (Phi) is 3.65. The fraction of sp³-hybridized carbons (Fsp3) is 0.435. The van der Waals surface area contributed by atoms with Crippen molar-refractivity contribution in [3.8, 4) is 0 Å². The van der Waals surface area contributed by atoms with Crippen LogP contribution in [0.25, 0.3) is 0 Å². The molecule has 3 aliphatic rings. The third-order valence-corrected chi connectivity index (χ3v) is 6.30. The second-order valence-electron chi connectivity index (χ2n) is 7.87. The van der Waals surface area contributed by atoms with Crippen LogP contribution in [-0.2, 0) is 17.6 Å². The fourth-order valence-electron chi connectivity index (χ4n) is 4.95. The van der Waals surface area contributed by atoms with Gasteiger partial charge in [0.25, 0.3) is 0 Å². The van der Waals surface area contributed by atoms with Gasteiger partial charge in [-0.15, -0.1) is 0 Å². The first-order valence-corrected chi connectivity index (χ1v) is 9.80. The van der Waals surface area contributed by atoms with E-state index < -0.39 is 0 Å². The van der Waals surface area contributed by atoms with Crippen LogP contribution < -0.4 is 0 Å². The van der Waals surface area contributed by atoms with Crippen LogP contribution in [0.3, 0.4) is 0 Å². The molecule has 2 heteroatoms. The molecule has 5 rings (SSSR count). The SMILES string of the molecule is O=C([C@@H]1CCCc2ccccc21)N(C1CC1)[C@H]1CCc2ccccc21. The van der Waals surface area contributed by atoms with Gasteiger partial charge in [-0.2, -0.15) is 0 Å². The highest BCUT2D eigenvalue weighted by atomic mass is 16.2. The molecule has 1 saturated carbocycles. The zero-order valence-electron chi connectivity index (χ0n) is 14.7. The Hall–Kier alpha value is -2.09. The Labute approximate surface area is 149 Å². The van der Waals surface area contributed by atoms with Gasteiger partial charge >= 0.3 is 0 Å². The van der Waals surface area contributed by atoms with Crippen molar-refractivity contribution in [1.29, 1.82) is 0 Å². The highest BCUT2D eigenvalue weighted by Gasteiger charge is 2.43. The van der Waals surface area contributed by atoms with Gasteiger partial charge < -0.3 is 4.90 Å². The zero-order chi connectivity index (χ0) is 16.8. The summed E-state index contributed by atoms with van der Waals surface area (Å²) in [5.74, 6) is 0.453. The monoisotopic (exact) mass is 331 g/mol.